The van der Waals surface area contributed by atoms with Crippen LogP contribution in [0.3, 0.4) is 0 Å². The number of hydrogen-bond acceptors (Lipinski definition) is 9. The fraction of sp³-hybridized carbons (Fsp3) is 0.556. The number of nitrogens with two attached hydrogens (primary N) is 1. The Labute approximate surface area is 294 Å². The van der Waals surface area contributed by atoms with Gasteiger partial charge in [-0.25, -0.2) is 4.39 Å². The minimum absolute atomic E-state index is 0.00282. The van der Waals surface area contributed by atoms with Crippen LogP contribution in [0.4, 0.5) is 29.1 Å². The number of rotatable bonds is 6. The predicted octanol–water partition coefficient (Wildman–Crippen LogP) is 4.84. The Morgan fingerprint density at radius 1 is 1.20 bits per heavy atom. The number of ether oxygens (including phenoxy) is 2. The number of carbonyl (C=O) groups excluding carboxylic acids is 1. The second-order valence-corrected chi connectivity index (χ2v) is 14.1. The van der Waals surface area contributed by atoms with Gasteiger partial charge in [-0.05, 0) is 57.4 Å². The lowest BCUT2D eigenvalue weighted by atomic mass is 9.91. The van der Waals surface area contributed by atoms with E-state index in [1.807, 2.05) is 11.6 Å². The first kappa shape index (κ1) is 35.0. The molecule has 0 saturated carbocycles. The van der Waals surface area contributed by atoms with Crippen LogP contribution in [0.2, 0.25) is 0 Å². The first-order valence-electron chi connectivity index (χ1n) is 17.3. The third-order valence-electron chi connectivity index (χ3n) is 10.5. The molecule has 3 aromatic rings. The number of benzene rings is 1. The van der Waals surface area contributed by atoms with Gasteiger partial charge in [0.25, 0.3) is 5.91 Å². The molecule has 0 radical (unpaired) electrons. The molecule has 1 amide bonds. The van der Waals surface area contributed by atoms with E-state index in [-0.39, 0.29) is 48.4 Å². The minimum Gasteiger partial charge on any atom is -0.461 e. The molecule has 1 aromatic carbocycles. The van der Waals surface area contributed by atoms with Crippen LogP contribution < -0.4 is 15.4 Å². The van der Waals surface area contributed by atoms with Gasteiger partial charge in [-0.1, -0.05) is 5.92 Å². The summed E-state index contributed by atoms with van der Waals surface area (Å²) < 4.78 is 72.7. The molecule has 2 aromatic heterocycles. The standard InChI is InChI=1S/C36H42F4N8O3/c1-5-8-22-13-24(41)14-25(30(22)36(38,39)40)29-15-27-26(19-50-29)32(43-34(42-27)51-20-35-9-6-11-47(35)17-23(37)16-35)46-10-7-12-48-28(18-46)21(2)31(44-48)33(49)45(3)4/h13-14,23,29H,6-7,9-12,15-20,41H2,1-4H3/t23-,29+,35+/m1/s1. The highest BCUT2D eigenvalue weighted by Gasteiger charge is 2.49. The lowest BCUT2D eigenvalue weighted by molar-refractivity contribution is -0.140. The number of fused-ring (bicyclic) bond motifs is 3. The maximum absolute atomic E-state index is 14.6. The zero-order valence-electron chi connectivity index (χ0n) is 29.2. The van der Waals surface area contributed by atoms with Crippen molar-refractivity contribution in [2.24, 2.45) is 0 Å². The van der Waals surface area contributed by atoms with Crippen molar-refractivity contribution in [3.8, 4) is 17.9 Å². The minimum atomic E-state index is -4.71. The number of halogens is 4. The largest absolute Gasteiger partial charge is 0.461 e. The summed E-state index contributed by atoms with van der Waals surface area (Å²) in [5.41, 5.74) is 7.74. The third kappa shape index (κ3) is 6.48. The van der Waals surface area contributed by atoms with E-state index in [4.69, 9.17) is 25.2 Å². The Hall–Kier alpha value is -4.42. The Balaban J connectivity index is 1.28. The van der Waals surface area contributed by atoms with Crippen LogP contribution in [-0.4, -0.2) is 87.5 Å². The highest BCUT2D eigenvalue weighted by atomic mass is 19.4. The number of aromatic nitrogens is 4. The average molecular weight is 711 g/mol. The van der Waals surface area contributed by atoms with Gasteiger partial charge >= 0.3 is 12.2 Å². The van der Waals surface area contributed by atoms with Gasteiger partial charge in [0, 0.05) is 68.9 Å². The van der Waals surface area contributed by atoms with Crippen LogP contribution in [0.1, 0.15) is 88.4 Å². The number of amides is 1. The van der Waals surface area contributed by atoms with E-state index in [2.05, 4.69) is 26.7 Å². The van der Waals surface area contributed by atoms with Crippen molar-refractivity contribution in [2.75, 3.05) is 51.0 Å². The van der Waals surface area contributed by atoms with E-state index in [1.165, 1.54) is 24.0 Å². The van der Waals surface area contributed by atoms with Crippen molar-refractivity contribution in [3.05, 3.63) is 57.0 Å². The molecule has 0 spiro atoms. The first-order valence-corrected chi connectivity index (χ1v) is 17.3. The molecule has 15 heteroatoms. The molecule has 51 heavy (non-hydrogen) atoms. The molecule has 2 fully saturated rings. The fourth-order valence-electron chi connectivity index (χ4n) is 8.13. The van der Waals surface area contributed by atoms with Gasteiger partial charge < -0.3 is 25.0 Å². The van der Waals surface area contributed by atoms with Crippen LogP contribution in [-0.2, 0) is 37.0 Å². The van der Waals surface area contributed by atoms with Crippen LogP contribution >= 0.6 is 0 Å². The normalized spacial score (nSPS) is 23.2. The van der Waals surface area contributed by atoms with Gasteiger partial charge in [0.15, 0.2) is 5.69 Å². The topological polar surface area (TPSA) is 115 Å². The monoisotopic (exact) mass is 710 g/mol. The molecule has 0 aliphatic carbocycles. The zero-order valence-corrected chi connectivity index (χ0v) is 29.2. The van der Waals surface area contributed by atoms with Gasteiger partial charge in [-0.2, -0.15) is 28.2 Å². The Kier molecular flexibility index (Phi) is 9.12. The van der Waals surface area contributed by atoms with Gasteiger partial charge in [0.2, 0.25) is 0 Å². The molecular weight excluding hydrogens is 668 g/mol. The van der Waals surface area contributed by atoms with Crippen molar-refractivity contribution in [1.29, 1.82) is 0 Å². The van der Waals surface area contributed by atoms with Crippen molar-refractivity contribution in [3.63, 3.8) is 0 Å². The van der Waals surface area contributed by atoms with E-state index in [9.17, 15) is 22.4 Å². The number of hydrogen-bond donors (Lipinski definition) is 1. The fourth-order valence-corrected chi connectivity index (χ4v) is 8.13. The van der Waals surface area contributed by atoms with Gasteiger partial charge in [0.1, 0.15) is 18.6 Å². The van der Waals surface area contributed by atoms with E-state index in [0.717, 1.165) is 30.6 Å². The summed E-state index contributed by atoms with van der Waals surface area (Å²) in [6, 6.07) is 2.60. The summed E-state index contributed by atoms with van der Waals surface area (Å²) in [6.45, 7) is 6.19. The Morgan fingerprint density at radius 3 is 2.75 bits per heavy atom. The molecule has 4 aliphatic heterocycles. The molecule has 2 saturated heterocycles. The quantitative estimate of drug-likeness (QED) is 0.218. The molecule has 6 heterocycles. The van der Waals surface area contributed by atoms with Gasteiger partial charge in [-0.15, -0.1) is 5.92 Å². The highest BCUT2D eigenvalue weighted by Crippen LogP contribution is 2.44. The van der Waals surface area contributed by atoms with Crippen LogP contribution in [0.25, 0.3) is 0 Å². The first-order chi connectivity index (χ1) is 24.3. The van der Waals surface area contributed by atoms with Crippen LogP contribution in [0, 0.1) is 18.8 Å². The second kappa shape index (κ2) is 13.3. The van der Waals surface area contributed by atoms with E-state index >= 15 is 0 Å². The summed E-state index contributed by atoms with van der Waals surface area (Å²) >= 11 is 0. The number of carbonyl (C=O) groups is 1. The molecule has 4 aliphatic rings. The summed E-state index contributed by atoms with van der Waals surface area (Å²) in [4.78, 5) is 28.3. The van der Waals surface area contributed by atoms with Crippen molar-refractivity contribution in [1.82, 2.24) is 29.5 Å². The summed E-state index contributed by atoms with van der Waals surface area (Å²) in [5, 5.41) is 4.64. The third-order valence-corrected chi connectivity index (χ3v) is 10.5. The predicted molar refractivity (Wildman–Crippen MR) is 181 cm³/mol. The van der Waals surface area contributed by atoms with Gasteiger partial charge in [0.05, 0.1) is 41.7 Å². The lowest BCUT2D eigenvalue weighted by Crippen LogP contribution is -2.43. The Morgan fingerprint density at radius 2 is 2.00 bits per heavy atom. The van der Waals surface area contributed by atoms with Crippen LogP contribution in [0.15, 0.2) is 12.1 Å². The number of nitrogen functional groups attached to an aromatic ring is 1. The SMILES string of the molecule is CC#Cc1cc(N)cc([C@@H]2Cc3nc(OC[C@@]45CCCN4C[C@H](F)C5)nc(N4CCCn5nc(C(=O)N(C)C)c(C)c5C4)c3CO2)c1C(F)(F)F. The molecule has 0 unspecified atom stereocenters. The number of alkyl halides is 4. The molecule has 2 N–H and O–H groups in total. The van der Waals surface area contributed by atoms with Crippen molar-refractivity contribution in [2.45, 2.75) is 89.6 Å². The van der Waals surface area contributed by atoms with Gasteiger partial charge in [-0.3, -0.25) is 14.4 Å². The van der Waals surface area contributed by atoms with Crippen molar-refractivity contribution >= 4 is 17.4 Å². The molecule has 3 atom stereocenters. The number of aryl methyl sites for hydroxylation is 1. The van der Waals surface area contributed by atoms with Crippen molar-refractivity contribution < 1.29 is 31.8 Å². The summed E-state index contributed by atoms with van der Waals surface area (Å²) in [5.74, 6) is 5.48. The maximum Gasteiger partial charge on any atom is 0.417 e. The highest BCUT2D eigenvalue weighted by molar-refractivity contribution is 5.93. The number of nitrogens with zero attached hydrogens (tertiary/aromatic N) is 7. The second-order valence-electron chi connectivity index (χ2n) is 14.1. The smallest absolute Gasteiger partial charge is 0.417 e. The van der Waals surface area contributed by atoms with Crippen LogP contribution in [0.5, 0.6) is 6.01 Å². The molecule has 7 rings (SSSR count). The van der Waals surface area contributed by atoms with E-state index in [1.54, 1.807) is 14.1 Å². The molecule has 11 nitrogen and oxygen atoms in total. The lowest BCUT2D eigenvalue weighted by Gasteiger charge is -2.33. The summed E-state index contributed by atoms with van der Waals surface area (Å²) in [7, 11) is 3.37. The summed E-state index contributed by atoms with van der Waals surface area (Å²) in [6.07, 6.45) is -3.88. The average Bonchev–Trinajstić information content (AvgIpc) is 3.64. The molecular formula is C36H42F4N8O3. The van der Waals surface area contributed by atoms with E-state index < -0.39 is 29.6 Å². The molecule has 0 bridgehead atoms. The van der Waals surface area contributed by atoms with E-state index in [0.29, 0.717) is 61.8 Å². The number of anilines is 2. The zero-order chi connectivity index (χ0) is 36.2. The maximum atomic E-state index is 14.6. The Bertz CT molecular complexity index is 1920. The molecule has 272 valence electrons.